The second-order valence-electron chi connectivity index (χ2n) is 4.98. The Bertz CT molecular complexity index is 385. The minimum absolute atomic E-state index is 0.140. The van der Waals surface area contributed by atoms with Gasteiger partial charge in [-0.1, -0.05) is 12.2 Å². The highest BCUT2D eigenvalue weighted by Crippen LogP contribution is 2.26. The SMILES string of the molecule is C/C=C/C1CC(C(=O)O)NC1C(NC(C)=O)C(O)CO. The fraction of sp³-hybridized carbons (Fsp3) is 0.692. The van der Waals surface area contributed by atoms with E-state index < -0.39 is 36.8 Å². The molecule has 0 aromatic rings. The molecule has 5 atom stereocenters. The van der Waals surface area contributed by atoms with Crippen LogP contribution in [0.2, 0.25) is 0 Å². The molecule has 5 unspecified atom stereocenters. The summed E-state index contributed by atoms with van der Waals surface area (Å²) in [6.45, 7) is 2.62. The molecule has 20 heavy (non-hydrogen) atoms. The minimum atomic E-state index is -1.16. The molecular weight excluding hydrogens is 264 g/mol. The number of carbonyl (C=O) groups is 2. The van der Waals surface area contributed by atoms with E-state index in [4.69, 9.17) is 10.2 Å². The Kier molecular flexibility index (Phi) is 6.12. The van der Waals surface area contributed by atoms with Crippen LogP contribution in [0.4, 0.5) is 0 Å². The highest BCUT2D eigenvalue weighted by Gasteiger charge is 2.42. The molecule has 0 saturated carbocycles. The summed E-state index contributed by atoms with van der Waals surface area (Å²) in [6.07, 6.45) is 2.87. The first-order chi connectivity index (χ1) is 9.40. The summed E-state index contributed by atoms with van der Waals surface area (Å²) in [5.74, 6) is -1.46. The van der Waals surface area contributed by atoms with Crippen LogP contribution < -0.4 is 10.6 Å². The van der Waals surface area contributed by atoms with E-state index in [9.17, 15) is 14.7 Å². The van der Waals surface area contributed by atoms with Crippen molar-refractivity contribution in [3.63, 3.8) is 0 Å². The third kappa shape index (κ3) is 4.03. The van der Waals surface area contributed by atoms with Crippen molar-refractivity contribution in [3.8, 4) is 0 Å². The molecule has 0 aliphatic carbocycles. The molecule has 7 nitrogen and oxygen atoms in total. The van der Waals surface area contributed by atoms with Crippen LogP contribution in [-0.4, -0.2) is 58.0 Å². The number of hydrogen-bond donors (Lipinski definition) is 5. The molecule has 1 aliphatic rings. The lowest BCUT2D eigenvalue weighted by Gasteiger charge is -2.31. The van der Waals surface area contributed by atoms with Crippen LogP contribution in [0.25, 0.3) is 0 Å². The predicted molar refractivity (Wildman–Crippen MR) is 72.0 cm³/mol. The number of aliphatic hydroxyl groups excluding tert-OH is 2. The number of nitrogens with one attached hydrogen (secondary N) is 2. The van der Waals surface area contributed by atoms with E-state index in [1.165, 1.54) is 6.92 Å². The van der Waals surface area contributed by atoms with Crippen LogP contribution >= 0.6 is 0 Å². The maximum Gasteiger partial charge on any atom is 0.320 e. The van der Waals surface area contributed by atoms with Crippen molar-refractivity contribution in [1.29, 1.82) is 0 Å². The summed E-state index contributed by atoms with van der Waals surface area (Å²) in [4.78, 5) is 22.3. The van der Waals surface area contributed by atoms with E-state index in [0.717, 1.165) is 0 Å². The minimum Gasteiger partial charge on any atom is -0.480 e. The van der Waals surface area contributed by atoms with Gasteiger partial charge in [0.2, 0.25) is 5.91 Å². The van der Waals surface area contributed by atoms with Crippen molar-refractivity contribution in [2.75, 3.05) is 6.61 Å². The molecule has 1 rings (SSSR count). The van der Waals surface area contributed by atoms with E-state index in [1.54, 1.807) is 6.08 Å². The molecule has 114 valence electrons. The van der Waals surface area contributed by atoms with Gasteiger partial charge >= 0.3 is 5.97 Å². The summed E-state index contributed by atoms with van der Waals surface area (Å²) < 4.78 is 0. The van der Waals surface area contributed by atoms with E-state index in [-0.39, 0.29) is 11.8 Å². The monoisotopic (exact) mass is 286 g/mol. The van der Waals surface area contributed by atoms with Crippen molar-refractivity contribution in [2.45, 2.75) is 44.5 Å². The van der Waals surface area contributed by atoms with Gasteiger partial charge in [-0.25, -0.2) is 0 Å². The van der Waals surface area contributed by atoms with E-state index >= 15 is 0 Å². The van der Waals surface area contributed by atoms with E-state index in [2.05, 4.69) is 10.6 Å². The van der Waals surface area contributed by atoms with Gasteiger partial charge in [0.15, 0.2) is 0 Å². The van der Waals surface area contributed by atoms with E-state index in [1.807, 2.05) is 13.0 Å². The van der Waals surface area contributed by atoms with Gasteiger partial charge in [0.05, 0.1) is 18.8 Å². The van der Waals surface area contributed by atoms with Gasteiger partial charge in [0.25, 0.3) is 0 Å². The Labute approximate surface area is 117 Å². The molecule has 5 N–H and O–H groups in total. The first-order valence-corrected chi connectivity index (χ1v) is 6.58. The van der Waals surface area contributed by atoms with Gasteiger partial charge in [-0.05, 0) is 19.3 Å². The van der Waals surface area contributed by atoms with Crippen LogP contribution in [-0.2, 0) is 9.59 Å². The second kappa shape index (κ2) is 7.37. The zero-order valence-electron chi connectivity index (χ0n) is 11.6. The zero-order chi connectivity index (χ0) is 15.3. The molecule has 1 amide bonds. The Hall–Kier alpha value is -1.44. The quantitative estimate of drug-likeness (QED) is 0.393. The van der Waals surface area contributed by atoms with Gasteiger partial charge in [0.1, 0.15) is 6.04 Å². The Morgan fingerprint density at radius 1 is 1.50 bits per heavy atom. The van der Waals surface area contributed by atoms with Crippen LogP contribution in [0.15, 0.2) is 12.2 Å². The lowest BCUT2D eigenvalue weighted by atomic mass is 9.90. The normalized spacial score (nSPS) is 29.3. The van der Waals surface area contributed by atoms with Crippen molar-refractivity contribution < 1.29 is 24.9 Å². The number of aliphatic hydroxyl groups is 2. The molecule has 1 fully saturated rings. The fourth-order valence-electron chi connectivity index (χ4n) is 2.60. The molecule has 0 radical (unpaired) electrons. The lowest BCUT2D eigenvalue weighted by molar-refractivity contribution is -0.139. The van der Waals surface area contributed by atoms with E-state index in [0.29, 0.717) is 6.42 Å². The number of carbonyl (C=O) groups excluding carboxylic acids is 1. The average molecular weight is 286 g/mol. The summed E-state index contributed by atoms with van der Waals surface area (Å²) in [5.41, 5.74) is 0. The summed E-state index contributed by atoms with van der Waals surface area (Å²) in [5, 5.41) is 33.6. The third-order valence-corrected chi connectivity index (χ3v) is 3.46. The molecule has 0 aromatic carbocycles. The second-order valence-corrected chi connectivity index (χ2v) is 4.98. The largest absolute Gasteiger partial charge is 0.480 e. The fourth-order valence-corrected chi connectivity index (χ4v) is 2.60. The lowest BCUT2D eigenvalue weighted by Crippen LogP contribution is -2.57. The number of carboxylic acids is 1. The predicted octanol–water partition coefficient (Wildman–Crippen LogP) is -1.15. The summed E-state index contributed by atoms with van der Waals surface area (Å²) in [7, 11) is 0. The highest BCUT2D eigenvalue weighted by atomic mass is 16.4. The Morgan fingerprint density at radius 3 is 2.60 bits per heavy atom. The smallest absolute Gasteiger partial charge is 0.320 e. The maximum absolute atomic E-state index is 11.2. The number of rotatable bonds is 6. The number of hydrogen-bond acceptors (Lipinski definition) is 5. The molecular formula is C13H22N2O5. The highest BCUT2D eigenvalue weighted by molar-refractivity contribution is 5.75. The summed E-state index contributed by atoms with van der Waals surface area (Å²) >= 11 is 0. The average Bonchev–Trinajstić information content (AvgIpc) is 2.79. The van der Waals surface area contributed by atoms with Crippen LogP contribution in [0.1, 0.15) is 20.3 Å². The topological polar surface area (TPSA) is 119 Å². The van der Waals surface area contributed by atoms with Gasteiger partial charge in [-0.3, -0.25) is 14.9 Å². The molecule has 1 saturated heterocycles. The van der Waals surface area contributed by atoms with Gasteiger partial charge in [-0.2, -0.15) is 0 Å². The standard InChI is InChI=1S/C13H22N2O5/c1-3-4-8-5-9(13(19)20)15-11(8)12(10(18)6-16)14-7(2)17/h3-4,8-12,15-16,18H,5-6H2,1-2H3,(H,14,17)(H,19,20)/b4-3+. The van der Waals surface area contributed by atoms with Crippen LogP contribution in [0.3, 0.4) is 0 Å². The summed E-state index contributed by atoms with van der Waals surface area (Å²) in [6, 6.07) is -1.93. The number of allylic oxidation sites excluding steroid dienone is 1. The van der Waals surface area contributed by atoms with Crippen molar-refractivity contribution in [3.05, 3.63) is 12.2 Å². The Morgan fingerprint density at radius 2 is 2.15 bits per heavy atom. The van der Waals surface area contributed by atoms with Crippen LogP contribution in [0.5, 0.6) is 0 Å². The van der Waals surface area contributed by atoms with Gasteiger partial charge in [-0.15, -0.1) is 0 Å². The van der Waals surface area contributed by atoms with Crippen LogP contribution in [0, 0.1) is 5.92 Å². The third-order valence-electron chi connectivity index (χ3n) is 3.46. The number of aliphatic carboxylic acids is 1. The molecule has 0 spiro atoms. The number of amides is 1. The molecule has 0 aromatic heterocycles. The first-order valence-electron chi connectivity index (χ1n) is 6.58. The maximum atomic E-state index is 11.2. The van der Waals surface area contributed by atoms with Crippen molar-refractivity contribution >= 4 is 11.9 Å². The number of carboxylic acid groups (broad SMARTS) is 1. The molecule has 1 heterocycles. The van der Waals surface area contributed by atoms with Crippen molar-refractivity contribution in [2.24, 2.45) is 5.92 Å². The van der Waals surface area contributed by atoms with Crippen molar-refractivity contribution in [1.82, 2.24) is 10.6 Å². The first kappa shape index (κ1) is 16.6. The Balaban J connectivity index is 2.95. The molecule has 0 bridgehead atoms. The van der Waals surface area contributed by atoms with Gasteiger partial charge < -0.3 is 20.6 Å². The van der Waals surface area contributed by atoms with Gasteiger partial charge in [0, 0.05) is 13.0 Å². The molecule has 1 aliphatic heterocycles. The molecule has 7 heteroatoms. The zero-order valence-corrected chi connectivity index (χ0v) is 11.6.